The van der Waals surface area contributed by atoms with Gasteiger partial charge in [0, 0.05) is 29.7 Å². The largest absolute Gasteiger partial charge is 0.368 e. The lowest BCUT2D eigenvalue weighted by molar-refractivity contribution is -0.135. The summed E-state index contributed by atoms with van der Waals surface area (Å²) < 4.78 is 13.1. The Bertz CT molecular complexity index is 1060. The summed E-state index contributed by atoms with van der Waals surface area (Å²) in [6, 6.07) is 13.6. The van der Waals surface area contributed by atoms with Crippen molar-refractivity contribution in [2.24, 2.45) is 0 Å². The van der Waals surface area contributed by atoms with E-state index in [1.165, 1.54) is 12.1 Å². The lowest BCUT2D eigenvalue weighted by Crippen LogP contribution is -2.39. The Labute approximate surface area is 186 Å². The molecule has 0 spiro atoms. The number of amides is 1. The number of rotatable bonds is 5. The molecule has 7 heteroatoms. The SMILES string of the molecule is Nc1ncc(-c2ccc(Cl)cc2)c([C@H]2CCCCN2C(=O)CCc2ccc(F)cc2)n1. The van der Waals surface area contributed by atoms with E-state index in [1.807, 2.05) is 29.2 Å². The van der Waals surface area contributed by atoms with E-state index in [2.05, 4.69) is 9.97 Å². The van der Waals surface area contributed by atoms with Gasteiger partial charge in [-0.05, 0) is 61.1 Å². The average molecular weight is 439 g/mol. The van der Waals surface area contributed by atoms with Crippen LogP contribution in [0.3, 0.4) is 0 Å². The van der Waals surface area contributed by atoms with Crippen LogP contribution in [0.15, 0.2) is 54.7 Å². The van der Waals surface area contributed by atoms with Gasteiger partial charge in [0.25, 0.3) is 0 Å². The fraction of sp³-hybridized carbons (Fsp3) is 0.292. The van der Waals surface area contributed by atoms with Crippen molar-refractivity contribution in [3.05, 3.63) is 76.8 Å². The van der Waals surface area contributed by atoms with E-state index in [-0.39, 0.29) is 23.7 Å². The Balaban J connectivity index is 1.59. The second-order valence-electron chi connectivity index (χ2n) is 7.76. The summed E-state index contributed by atoms with van der Waals surface area (Å²) in [5.41, 5.74) is 9.43. The lowest BCUT2D eigenvalue weighted by atomic mass is 9.93. The van der Waals surface area contributed by atoms with Gasteiger partial charge in [0.05, 0.1) is 11.7 Å². The van der Waals surface area contributed by atoms with Gasteiger partial charge >= 0.3 is 0 Å². The molecule has 1 aliphatic heterocycles. The summed E-state index contributed by atoms with van der Waals surface area (Å²) in [7, 11) is 0. The molecule has 1 aliphatic rings. The van der Waals surface area contributed by atoms with E-state index in [1.54, 1.807) is 18.3 Å². The van der Waals surface area contributed by atoms with Crippen molar-refractivity contribution >= 4 is 23.5 Å². The Kier molecular flexibility index (Phi) is 6.47. The first-order valence-corrected chi connectivity index (χ1v) is 10.8. The van der Waals surface area contributed by atoms with Crippen LogP contribution in [0, 0.1) is 5.82 Å². The molecule has 160 valence electrons. The molecule has 0 bridgehead atoms. The van der Waals surface area contributed by atoms with Crippen LogP contribution in [0.2, 0.25) is 5.02 Å². The van der Waals surface area contributed by atoms with Crippen molar-refractivity contribution in [1.82, 2.24) is 14.9 Å². The molecule has 2 heterocycles. The topological polar surface area (TPSA) is 72.1 Å². The maximum atomic E-state index is 13.2. The summed E-state index contributed by atoms with van der Waals surface area (Å²) in [6.07, 6.45) is 5.43. The van der Waals surface area contributed by atoms with Crippen LogP contribution < -0.4 is 5.73 Å². The molecular formula is C24H24ClFN4O. The van der Waals surface area contributed by atoms with Gasteiger partial charge in [-0.2, -0.15) is 0 Å². The second kappa shape index (κ2) is 9.43. The van der Waals surface area contributed by atoms with E-state index >= 15 is 0 Å². The first-order chi connectivity index (χ1) is 15.0. The third-order valence-electron chi connectivity index (χ3n) is 5.67. The van der Waals surface area contributed by atoms with E-state index < -0.39 is 0 Å². The number of likely N-dealkylation sites (tertiary alicyclic amines) is 1. The zero-order chi connectivity index (χ0) is 21.8. The summed E-state index contributed by atoms with van der Waals surface area (Å²) in [5, 5.41) is 0.650. The Morgan fingerprint density at radius 1 is 1.13 bits per heavy atom. The van der Waals surface area contributed by atoms with Crippen LogP contribution in [0.1, 0.15) is 43.0 Å². The number of hydrogen-bond acceptors (Lipinski definition) is 4. The summed E-state index contributed by atoms with van der Waals surface area (Å²) in [4.78, 5) is 23.8. The highest BCUT2D eigenvalue weighted by molar-refractivity contribution is 6.30. The number of piperidine rings is 1. The zero-order valence-corrected chi connectivity index (χ0v) is 17.9. The molecule has 1 amide bonds. The fourth-order valence-electron chi connectivity index (χ4n) is 4.08. The van der Waals surface area contributed by atoms with Crippen LogP contribution in [-0.2, 0) is 11.2 Å². The third-order valence-corrected chi connectivity index (χ3v) is 5.92. The van der Waals surface area contributed by atoms with Crippen molar-refractivity contribution in [2.75, 3.05) is 12.3 Å². The Morgan fingerprint density at radius 2 is 1.87 bits per heavy atom. The highest BCUT2D eigenvalue weighted by atomic mass is 35.5. The molecule has 3 aromatic rings. The first kappa shape index (κ1) is 21.2. The van der Waals surface area contributed by atoms with Gasteiger partial charge in [-0.3, -0.25) is 4.79 Å². The number of benzene rings is 2. The monoisotopic (exact) mass is 438 g/mol. The van der Waals surface area contributed by atoms with E-state index in [9.17, 15) is 9.18 Å². The van der Waals surface area contributed by atoms with Crippen molar-refractivity contribution in [3.8, 4) is 11.1 Å². The number of carbonyl (C=O) groups is 1. The van der Waals surface area contributed by atoms with Gasteiger partial charge in [0.2, 0.25) is 11.9 Å². The molecule has 31 heavy (non-hydrogen) atoms. The highest BCUT2D eigenvalue weighted by Crippen LogP contribution is 2.36. The second-order valence-corrected chi connectivity index (χ2v) is 8.20. The van der Waals surface area contributed by atoms with E-state index in [0.717, 1.165) is 41.6 Å². The minimum Gasteiger partial charge on any atom is -0.368 e. The van der Waals surface area contributed by atoms with Gasteiger partial charge in [0.15, 0.2) is 0 Å². The molecule has 1 fully saturated rings. The van der Waals surface area contributed by atoms with Gasteiger partial charge in [-0.25, -0.2) is 14.4 Å². The van der Waals surface area contributed by atoms with Gasteiger partial charge in [-0.1, -0.05) is 35.9 Å². The molecule has 1 atom stereocenters. The Hall–Kier alpha value is -2.99. The molecule has 2 N–H and O–H groups in total. The molecule has 1 saturated heterocycles. The number of nitrogen functional groups attached to an aromatic ring is 1. The predicted molar refractivity (Wildman–Crippen MR) is 120 cm³/mol. The first-order valence-electron chi connectivity index (χ1n) is 10.4. The van der Waals surface area contributed by atoms with Crippen LogP contribution in [0.5, 0.6) is 0 Å². The molecule has 4 rings (SSSR count). The van der Waals surface area contributed by atoms with Crippen molar-refractivity contribution < 1.29 is 9.18 Å². The van der Waals surface area contributed by atoms with Crippen molar-refractivity contribution in [2.45, 2.75) is 38.1 Å². The third kappa shape index (κ3) is 5.02. The number of aromatic nitrogens is 2. The van der Waals surface area contributed by atoms with Crippen LogP contribution >= 0.6 is 11.6 Å². The molecule has 0 radical (unpaired) electrons. The van der Waals surface area contributed by atoms with Gasteiger partial charge < -0.3 is 10.6 Å². The fourth-order valence-corrected chi connectivity index (χ4v) is 4.20. The number of aryl methyl sites for hydroxylation is 1. The minimum absolute atomic E-state index is 0.0632. The molecular weight excluding hydrogens is 415 g/mol. The predicted octanol–water partition coefficient (Wildman–Crippen LogP) is 5.20. The average Bonchev–Trinajstić information content (AvgIpc) is 2.79. The normalized spacial score (nSPS) is 16.3. The number of anilines is 1. The lowest BCUT2D eigenvalue weighted by Gasteiger charge is -2.36. The highest BCUT2D eigenvalue weighted by Gasteiger charge is 2.31. The number of nitrogens with zero attached hydrogens (tertiary/aromatic N) is 3. The maximum Gasteiger partial charge on any atom is 0.223 e. The standard InChI is InChI=1S/C24H24ClFN4O/c25-18-9-7-17(8-10-18)20-15-28-24(27)29-23(20)21-3-1-2-14-30(21)22(31)13-6-16-4-11-19(26)12-5-16/h4-5,7-12,15,21H,1-3,6,13-14H2,(H2,27,28,29)/t21-/m1/s1. The molecule has 0 unspecified atom stereocenters. The molecule has 1 aromatic heterocycles. The number of carbonyl (C=O) groups excluding carboxylic acids is 1. The van der Waals surface area contributed by atoms with E-state index in [0.29, 0.717) is 24.4 Å². The summed E-state index contributed by atoms with van der Waals surface area (Å²) in [5.74, 6) is -0.0208. The summed E-state index contributed by atoms with van der Waals surface area (Å²) >= 11 is 6.05. The maximum absolute atomic E-state index is 13.2. The van der Waals surface area contributed by atoms with Gasteiger partial charge in [0.1, 0.15) is 5.82 Å². The smallest absolute Gasteiger partial charge is 0.223 e. The van der Waals surface area contributed by atoms with Crippen molar-refractivity contribution in [3.63, 3.8) is 0 Å². The molecule has 0 saturated carbocycles. The van der Waals surface area contributed by atoms with Crippen molar-refractivity contribution in [1.29, 1.82) is 0 Å². The number of hydrogen-bond donors (Lipinski definition) is 1. The Morgan fingerprint density at radius 3 is 2.61 bits per heavy atom. The van der Waals surface area contributed by atoms with Crippen LogP contribution in [-0.4, -0.2) is 27.3 Å². The molecule has 0 aliphatic carbocycles. The molecule has 5 nitrogen and oxygen atoms in total. The minimum atomic E-state index is -0.276. The molecule has 2 aromatic carbocycles. The zero-order valence-electron chi connectivity index (χ0n) is 17.1. The van der Waals surface area contributed by atoms with Gasteiger partial charge in [-0.15, -0.1) is 0 Å². The van der Waals surface area contributed by atoms with Crippen LogP contribution in [0.4, 0.5) is 10.3 Å². The summed E-state index contributed by atoms with van der Waals surface area (Å²) in [6.45, 7) is 0.677. The van der Waals surface area contributed by atoms with E-state index in [4.69, 9.17) is 17.3 Å². The number of halogens is 2. The quantitative estimate of drug-likeness (QED) is 0.593. The van der Waals surface area contributed by atoms with Crippen LogP contribution in [0.25, 0.3) is 11.1 Å². The number of nitrogens with two attached hydrogens (primary N) is 1.